The zero-order chi connectivity index (χ0) is 15.3. The maximum atomic E-state index is 12.3. The van der Waals surface area contributed by atoms with Crippen LogP contribution in [0.5, 0.6) is 11.5 Å². The standard InChI is InChI=1S/C15H23NO4S/c1-3-5-10-21(17,18)16(4-2)11-13-12-19-14-8-6-7-9-15(14)20-13/h6-9,13H,3-5,10-12H2,1-2H3. The van der Waals surface area contributed by atoms with E-state index in [4.69, 9.17) is 9.47 Å². The minimum Gasteiger partial charge on any atom is -0.486 e. The van der Waals surface area contributed by atoms with Crippen LogP contribution in [0, 0.1) is 0 Å². The lowest BCUT2D eigenvalue weighted by molar-refractivity contribution is 0.0771. The van der Waals surface area contributed by atoms with Gasteiger partial charge in [0.2, 0.25) is 10.0 Å². The summed E-state index contributed by atoms with van der Waals surface area (Å²) in [6.45, 7) is 4.99. The topological polar surface area (TPSA) is 55.8 Å². The van der Waals surface area contributed by atoms with E-state index in [-0.39, 0.29) is 11.9 Å². The van der Waals surface area contributed by atoms with Crippen LogP contribution in [-0.4, -0.2) is 44.3 Å². The predicted molar refractivity (Wildman–Crippen MR) is 82.3 cm³/mol. The average Bonchev–Trinajstić information content (AvgIpc) is 2.50. The molecule has 21 heavy (non-hydrogen) atoms. The molecule has 0 saturated heterocycles. The molecule has 0 fully saturated rings. The number of ether oxygens (including phenoxy) is 2. The number of benzene rings is 1. The highest BCUT2D eigenvalue weighted by Gasteiger charge is 2.27. The van der Waals surface area contributed by atoms with E-state index >= 15 is 0 Å². The molecule has 0 bridgehead atoms. The summed E-state index contributed by atoms with van der Waals surface area (Å²) >= 11 is 0. The van der Waals surface area contributed by atoms with Crippen molar-refractivity contribution >= 4 is 10.0 Å². The smallest absolute Gasteiger partial charge is 0.214 e. The van der Waals surface area contributed by atoms with Gasteiger partial charge in [-0.1, -0.05) is 32.4 Å². The molecule has 1 atom stereocenters. The van der Waals surface area contributed by atoms with E-state index in [0.717, 1.165) is 6.42 Å². The second kappa shape index (κ2) is 7.13. The Morgan fingerprint density at radius 2 is 1.95 bits per heavy atom. The monoisotopic (exact) mass is 313 g/mol. The van der Waals surface area contributed by atoms with Gasteiger partial charge in [-0.3, -0.25) is 0 Å². The fraction of sp³-hybridized carbons (Fsp3) is 0.600. The Labute approximate surface area is 126 Å². The third-order valence-electron chi connectivity index (χ3n) is 3.48. The van der Waals surface area contributed by atoms with Gasteiger partial charge in [0.25, 0.3) is 0 Å². The third kappa shape index (κ3) is 4.11. The van der Waals surface area contributed by atoms with E-state index < -0.39 is 10.0 Å². The highest BCUT2D eigenvalue weighted by molar-refractivity contribution is 7.89. The third-order valence-corrected chi connectivity index (χ3v) is 5.48. The van der Waals surface area contributed by atoms with Crippen LogP contribution < -0.4 is 9.47 Å². The Kier molecular flexibility index (Phi) is 5.47. The van der Waals surface area contributed by atoms with E-state index in [1.165, 1.54) is 4.31 Å². The van der Waals surface area contributed by atoms with Crippen molar-refractivity contribution in [3.8, 4) is 11.5 Å². The fourth-order valence-electron chi connectivity index (χ4n) is 2.28. The number of para-hydroxylation sites is 2. The van der Waals surface area contributed by atoms with Crippen LogP contribution in [0.15, 0.2) is 24.3 Å². The van der Waals surface area contributed by atoms with Gasteiger partial charge in [-0.15, -0.1) is 0 Å². The summed E-state index contributed by atoms with van der Waals surface area (Å²) in [5.41, 5.74) is 0. The van der Waals surface area contributed by atoms with Crippen LogP contribution >= 0.6 is 0 Å². The molecule has 1 aliphatic rings. The van der Waals surface area contributed by atoms with Crippen molar-refractivity contribution in [1.82, 2.24) is 4.31 Å². The second-order valence-corrected chi connectivity index (χ2v) is 7.21. The first-order chi connectivity index (χ1) is 10.1. The van der Waals surface area contributed by atoms with E-state index in [9.17, 15) is 8.42 Å². The normalized spacial score (nSPS) is 18.0. The van der Waals surface area contributed by atoms with Crippen molar-refractivity contribution in [3.05, 3.63) is 24.3 Å². The van der Waals surface area contributed by atoms with Crippen LogP contribution in [-0.2, 0) is 10.0 Å². The van der Waals surface area contributed by atoms with Crippen LogP contribution in [0.3, 0.4) is 0 Å². The van der Waals surface area contributed by atoms with Crippen LogP contribution in [0.4, 0.5) is 0 Å². The van der Waals surface area contributed by atoms with Gasteiger partial charge in [0.05, 0.1) is 12.3 Å². The lowest BCUT2D eigenvalue weighted by Crippen LogP contribution is -2.44. The Morgan fingerprint density at radius 1 is 1.24 bits per heavy atom. The summed E-state index contributed by atoms with van der Waals surface area (Å²) < 4.78 is 37.5. The van der Waals surface area contributed by atoms with Gasteiger partial charge >= 0.3 is 0 Å². The van der Waals surface area contributed by atoms with Crippen molar-refractivity contribution < 1.29 is 17.9 Å². The van der Waals surface area contributed by atoms with Gasteiger partial charge in [0.15, 0.2) is 11.5 Å². The first-order valence-electron chi connectivity index (χ1n) is 7.43. The van der Waals surface area contributed by atoms with Crippen LogP contribution in [0.25, 0.3) is 0 Å². The molecule has 2 rings (SSSR count). The highest BCUT2D eigenvalue weighted by atomic mass is 32.2. The number of sulfonamides is 1. The van der Waals surface area contributed by atoms with E-state index in [0.29, 0.717) is 37.6 Å². The average molecular weight is 313 g/mol. The van der Waals surface area contributed by atoms with Crippen molar-refractivity contribution in [2.75, 3.05) is 25.4 Å². The summed E-state index contributed by atoms with van der Waals surface area (Å²) in [5, 5.41) is 0. The van der Waals surface area contributed by atoms with Gasteiger partial charge in [-0.05, 0) is 18.6 Å². The van der Waals surface area contributed by atoms with Gasteiger partial charge < -0.3 is 9.47 Å². The van der Waals surface area contributed by atoms with E-state index in [1.54, 1.807) is 0 Å². The zero-order valence-corrected chi connectivity index (χ0v) is 13.4. The molecule has 0 spiro atoms. The molecule has 0 radical (unpaired) electrons. The second-order valence-electron chi connectivity index (χ2n) is 5.12. The maximum absolute atomic E-state index is 12.3. The van der Waals surface area contributed by atoms with Crippen molar-refractivity contribution in [2.45, 2.75) is 32.8 Å². The zero-order valence-electron chi connectivity index (χ0n) is 12.6. The van der Waals surface area contributed by atoms with Crippen LogP contribution in [0.1, 0.15) is 26.7 Å². The van der Waals surface area contributed by atoms with Gasteiger partial charge in [-0.2, -0.15) is 4.31 Å². The first-order valence-corrected chi connectivity index (χ1v) is 9.04. The number of unbranched alkanes of at least 4 members (excludes halogenated alkanes) is 1. The molecule has 1 aromatic rings. The number of rotatable bonds is 7. The summed E-state index contributed by atoms with van der Waals surface area (Å²) in [6, 6.07) is 7.45. The molecule has 6 heteroatoms. The van der Waals surface area contributed by atoms with E-state index in [2.05, 4.69) is 0 Å². The van der Waals surface area contributed by atoms with Crippen LogP contribution in [0.2, 0.25) is 0 Å². The molecule has 0 saturated carbocycles. The van der Waals surface area contributed by atoms with Crippen molar-refractivity contribution in [3.63, 3.8) is 0 Å². The minimum absolute atomic E-state index is 0.196. The largest absolute Gasteiger partial charge is 0.486 e. The number of hydrogen-bond donors (Lipinski definition) is 0. The van der Waals surface area contributed by atoms with Gasteiger partial charge in [-0.25, -0.2) is 8.42 Å². The molecular formula is C15H23NO4S. The van der Waals surface area contributed by atoms with Crippen molar-refractivity contribution in [1.29, 1.82) is 0 Å². The molecule has 0 aromatic heterocycles. The Hall–Kier alpha value is -1.27. The maximum Gasteiger partial charge on any atom is 0.214 e. The summed E-state index contributed by atoms with van der Waals surface area (Å²) in [7, 11) is -3.21. The predicted octanol–water partition coefficient (Wildman–Crippen LogP) is 2.28. The number of fused-ring (bicyclic) bond motifs is 1. The molecule has 1 aromatic carbocycles. The fourth-order valence-corrected chi connectivity index (χ4v) is 3.97. The molecule has 0 aliphatic carbocycles. The van der Waals surface area contributed by atoms with Gasteiger partial charge in [0, 0.05) is 6.54 Å². The Morgan fingerprint density at radius 3 is 2.62 bits per heavy atom. The number of nitrogens with zero attached hydrogens (tertiary/aromatic N) is 1. The number of hydrogen-bond acceptors (Lipinski definition) is 4. The lowest BCUT2D eigenvalue weighted by Gasteiger charge is -2.30. The Bertz CT molecular complexity index is 559. The quantitative estimate of drug-likeness (QED) is 0.775. The molecule has 118 valence electrons. The lowest BCUT2D eigenvalue weighted by atomic mass is 10.2. The van der Waals surface area contributed by atoms with Gasteiger partial charge in [0.1, 0.15) is 12.7 Å². The molecule has 1 heterocycles. The first kappa shape index (κ1) is 16.1. The number of likely N-dealkylation sites (N-methyl/N-ethyl adjacent to an activating group) is 1. The SMILES string of the molecule is CCCCS(=O)(=O)N(CC)CC1COc2ccccc2O1. The molecule has 0 N–H and O–H groups in total. The summed E-state index contributed by atoms with van der Waals surface area (Å²) in [5.74, 6) is 1.59. The summed E-state index contributed by atoms with van der Waals surface area (Å²) in [6.07, 6.45) is 1.29. The molecule has 5 nitrogen and oxygen atoms in total. The molecule has 0 amide bonds. The molecular weight excluding hydrogens is 290 g/mol. The molecule has 1 aliphatic heterocycles. The van der Waals surface area contributed by atoms with E-state index in [1.807, 2.05) is 38.1 Å². The molecule has 1 unspecified atom stereocenters. The highest BCUT2D eigenvalue weighted by Crippen LogP contribution is 2.31. The minimum atomic E-state index is -3.21. The van der Waals surface area contributed by atoms with Crippen molar-refractivity contribution in [2.24, 2.45) is 0 Å². The summed E-state index contributed by atoms with van der Waals surface area (Å²) in [4.78, 5) is 0. The Balaban J connectivity index is 2.00.